The molecule has 166 valence electrons. The fourth-order valence-electron chi connectivity index (χ4n) is 2.78. The average molecular weight is 457 g/mol. The molecule has 0 spiro atoms. The maximum atomic E-state index is 13.8. The molecule has 0 saturated heterocycles. The van der Waals surface area contributed by atoms with E-state index in [0.717, 1.165) is 27.8 Å². The monoisotopic (exact) mass is 457 g/mol. The first-order valence-electron chi connectivity index (χ1n) is 8.90. The first-order chi connectivity index (χ1) is 14.3. The second-order valence-electron chi connectivity index (χ2n) is 6.91. The summed E-state index contributed by atoms with van der Waals surface area (Å²) >= 11 is 0. The summed E-state index contributed by atoms with van der Waals surface area (Å²) < 4.78 is 72.9. The molecule has 0 fully saturated rings. The number of ketones is 1. The van der Waals surface area contributed by atoms with Gasteiger partial charge in [-0.05, 0) is 39.0 Å². The number of rotatable bonds is 6. The maximum Gasteiger partial charge on any atom is 0.417 e. The van der Waals surface area contributed by atoms with Gasteiger partial charge in [0, 0.05) is 12.6 Å². The molecular weight excluding hydrogens is 439 g/mol. The molecule has 3 rings (SSSR count). The summed E-state index contributed by atoms with van der Waals surface area (Å²) in [4.78, 5) is 16.8. The van der Waals surface area contributed by atoms with Crippen LogP contribution in [0.1, 0.15) is 41.0 Å². The van der Waals surface area contributed by atoms with E-state index >= 15 is 0 Å². The number of nitrogens with zero attached hydrogens (tertiary/aromatic N) is 5. The lowest BCUT2D eigenvalue weighted by molar-refractivity contribution is -0.137. The van der Waals surface area contributed by atoms with E-state index in [1.54, 1.807) is 0 Å². The number of halogens is 3. The van der Waals surface area contributed by atoms with Gasteiger partial charge in [-0.15, -0.1) is 0 Å². The molecule has 0 aliphatic heterocycles. The van der Waals surface area contributed by atoms with Gasteiger partial charge in [-0.1, -0.05) is 0 Å². The zero-order chi connectivity index (χ0) is 23.1. The van der Waals surface area contributed by atoms with E-state index in [1.807, 2.05) is 0 Å². The van der Waals surface area contributed by atoms with E-state index in [1.165, 1.54) is 40.2 Å². The predicted molar refractivity (Wildman–Crippen MR) is 102 cm³/mol. The minimum atomic E-state index is -4.87. The molecule has 0 aliphatic carbocycles. The highest BCUT2D eigenvalue weighted by Crippen LogP contribution is 2.36. The summed E-state index contributed by atoms with van der Waals surface area (Å²) in [6, 6.07) is 3.03. The Kier molecular flexibility index (Phi) is 5.65. The smallest absolute Gasteiger partial charge is 0.361 e. The van der Waals surface area contributed by atoms with Gasteiger partial charge in [-0.25, -0.2) is 14.3 Å². The molecule has 0 unspecified atom stereocenters. The summed E-state index contributed by atoms with van der Waals surface area (Å²) in [6.07, 6.45) is -2.50. The van der Waals surface area contributed by atoms with Crippen LogP contribution in [0.5, 0.6) is 5.88 Å². The topological polar surface area (TPSA) is 109 Å². The normalized spacial score (nSPS) is 12.4. The first-order valence-corrected chi connectivity index (χ1v) is 10.4. The van der Waals surface area contributed by atoms with Crippen LogP contribution in [-0.4, -0.2) is 44.0 Å². The van der Waals surface area contributed by atoms with Gasteiger partial charge in [-0.2, -0.15) is 31.8 Å². The minimum absolute atomic E-state index is 0.0231. The quantitative estimate of drug-likeness (QED) is 0.414. The van der Waals surface area contributed by atoms with Crippen molar-refractivity contribution in [1.29, 1.82) is 0 Å². The zero-order valence-corrected chi connectivity index (χ0v) is 17.7. The highest BCUT2D eigenvalue weighted by Gasteiger charge is 2.38. The number of hydrogen-bond donors (Lipinski definition) is 0. The molecule has 0 atom stereocenters. The Hall–Kier alpha value is -3.22. The van der Waals surface area contributed by atoms with Gasteiger partial charge in [-0.3, -0.25) is 4.79 Å². The van der Waals surface area contributed by atoms with Gasteiger partial charge >= 0.3 is 16.3 Å². The summed E-state index contributed by atoms with van der Waals surface area (Å²) in [7, 11) is -2.80. The van der Waals surface area contributed by atoms with Gasteiger partial charge in [0.1, 0.15) is 18.2 Å². The Bertz CT molecular complexity index is 1230. The SMILES string of the molecule is Cc1nn(C)c(OS(=O)(=O)C(C)C)c1C(=O)c1ccc(-n2cncn2)cc1C(F)(F)F. The van der Waals surface area contributed by atoms with Crippen molar-refractivity contribution in [3.05, 3.63) is 53.2 Å². The Balaban J connectivity index is 2.16. The number of carbonyl (C=O) groups is 1. The number of aromatic nitrogens is 5. The fourth-order valence-corrected chi connectivity index (χ4v) is 3.39. The number of alkyl halides is 3. The summed E-state index contributed by atoms with van der Waals surface area (Å²) in [5.41, 5.74) is -2.20. The minimum Gasteiger partial charge on any atom is -0.361 e. The van der Waals surface area contributed by atoms with Crippen molar-refractivity contribution in [1.82, 2.24) is 24.5 Å². The van der Waals surface area contributed by atoms with Crippen LogP contribution in [0, 0.1) is 6.92 Å². The standard InChI is InChI=1S/C18H18F3N5O4S/c1-10(2)31(28,29)30-17-15(11(3)24-25(17)4)16(27)13-6-5-12(26-9-22-8-23-26)7-14(13)18(19,20)21/h5-10H,1-4H3. The number of aryl methyl sites for hydroxylation is 2. The number of hydrogen-bond acceptors (Lipinski definition) is 7. The van der Waals surface area contributed by atoms with Crippen molar-refractivity contribution in [2.75, 3.05) is 0 Å². The van der Waals surface area contributed by atoms with Crippen LogP contribution < -0.4 is 4.18 Å². The molecule has 0 aliphatic rings. The summed E-state index contributed by atoms with van der Waals surface area (Å²) in [5, 5.41) is 6.79. The third kappa shape index (κ3) is 4.31. The molecule has 9 nitrogen and oxygen atoms in total. The van der Waals surface area contributed by atoms with E-state index in [4.69, 9.17) is 4.18 Å². The van der Waals surface area contributed by atoms with Gasteiger partial charge in [0.2, 0.25) is 11.7 Å². The van der Waals surface area contributed by atoms with Gasteiger partial charge in [0.25, 0.3) is 0 Å². The second kappa shape index (κ2) is 7.80. The highest BCUT2D eigenvalue weighted by molar-refractivity contribution is 7.87. The Labute approximate surface area is 175 Å². The highest BCUT2D eigenvalue weighted by atomic mass is 32.2. The summed E-state index contributed by atoms with van der Waals surface area (Å²) in [6.45, 7) is 4.11. The summed E-state index contributed by atoms with van der Waals surface area (Å²) in [5.74, 6) is -1.53. The third-order valence-corrected chi connectivity index (χ3v) is 5.95. The van der Waals surface area contributed by atoms with Crippen LogP contribution in [0.3, 0.4) is 0 Å². The molecule has 31 heavy (non-hydrogen) atoms. The van der Waals surface area contributed by atoms with Crippen LogP contribution in [0.4, 0.5) is 13.2 Å². The molecule has 13 heteroatoms. The van der Waals surface area contributed by atoms with Crippen molar-refractivity contribution in [3.8, 4) is 11.6 Å². The molecule has 0 amide bonds. The molecule has 0 saturated carbocycles. The molecule has 1 aromatic carbocycles. The maximum absolute atomic E-state index is 13.8. The van der Waals surface area contributed by atoms with E-state index in [-0.39, 0.29) is 16.9 Å². The lowest BCUT2D eigenvalue weighted by Gasteiger charge is -2.15. The fraction of sp³-hybridized carbons (Fsp3) is 0.333. The molecular formula is C18H18F3N5O4S. The zero-order valence-electron chi connectivity index (χ0n) is 16.9. The lowest BCUT2D eigenvalue weighted by atomic mass is 9.97. The Morgan fingerprint density at radius 3 is 2.45 bits per heavy atom. The second-order valence-corrected chi connectivity index (χ2v) is 9.01. The van der Waals surface area contributed by atoms with E-state index in [9.17, 15) is 26.4 Å². The van der Waals surface area contributed by atoms with Crippen LogP contribution in [0.2, 0.25) is 0 Å². The van der Waals surface area contributed by atoms with Crippen molar-refractivity contribution < 1.29 is 30.6 Å². The van der Waals surface area contributed by atoms with Crippen LogP contribution in [-0.2, 0) is 23.3 Å². The van der Waals surface area contributed by atoms with E-state index in [0.29, 0.717) is 0 Å². The molecule has 0 bridgehead atoms. The molecule has 2 heterocycles. The van der Waals surface area contributed by atoms with Crippen LogP contribution in [0.25, 0.3) is 5.69 Å². The largest absolute Gasteiger partial charge is 0.417 e. The van der Waals surface area contributed by atoms with E-state index in [2.05, 4.69) is 15.2 Å². The van der Waals surface area contributed by atoms with Gasteiger partial charge < -0.3 is 4.18 Å². The van der Waals surface area contributed by atoms with Crippen molar-refractivity contribution in [2.45, 2.75) is 32.2 Å². The van der Waals surface area contributed by atoms with Crippen molar-refractivity contribution in [2.24, 2.45) is 7.05 Å². The first kappa shape index (κ1) is 22.5. The average Bonchev–Trinajstić information content (AvgIpc) is 3.28. The molecule has 0 radical (unpaired) electrons. The third-order valence-electron chi connectivity index (χ3n) is 4.41. The number of benzene rings is 1. The van der Waals surface area contributed by atoms with Crippen LogP contribution in [0.15, 0.2) is 30.9 Å². The van der Waals surface area contributed by atoms with Crippen molar-refractivity contribution >= 4 is 15.9 Å². The molecule has 0 N–H and O–H groups in total. The predicted octanol–water partition coefficient (Wildman–Crippen LogP) is 2.68. The molecule has 3 aromatic rings. The van der Waals surface area contributed by atoms with Crippen molar-refractivity contribution in [3.63, 3.8) is 0 Å². The van der Waals surface area contributed by atoms with Gasteiger partial charge in [0.05, 0.1) is 22.2 Å². The Morgan fingerprint density at radius 1 is 1.23 bits per heavy atom. The van der Waals surface area contributed by atoms with Crippen LogP contribution >= 0.6 is 0 Å². The Morgan fingerprint density at radius 2 is 1.90 bits per heavy atom. The number of carbonyl (C=O) groups excluding carboxylic acids is 1. The molecule has 2 aromatic heterocycles. The van der Waals surface area contributed by atoms with Gasteiger partial charge in [0.15, 0.2) is 0 Å². The van der Waals surface area contributed by atoms with E-state index < -0.39 is 44.3 Å². The lowest BCUT2D eigenvalue weighted by Crippen LogP contribution is -2.23.